The van der Waals surface area contributed by atoms with E-state index in [0.717, 1.165) is 17.7 Å². The minimum atomic E-state index is -4.50. The summed E-state index contributed by atoms with van der Waals surface area (Å²) in [4.78, 5) is 11.6. The fraction of sp³-hybridized carbons (Fsp3) is 0.158. The van der Waals surface area contributed by atoms with Crippen molar-refractivity contribution in [1.29, 1.82) is 5.26 Å². The summed E-state index contributed by atoms with van der Waals surface area (Å²) >= 11 is 0. The molecule has 0 bridgehead atoms. The number of benzene rings is 2. The maximum absolute atomic E-state index is 12.6. The predicted molar refractivity (Wildman–Crippen MR) is 89.8 cm³/mol. The Kier molecular flexibility index (Phi) is 6.39. The molecule has 0 heterocycles. The molecule has 0 aliphatic rings. The Morgan fingerprint density at radius 3 is 2.58 bits per heavy atom. The highest BCUT2D eigenvalue weighted by Gasteiger charge is 2.30. The van der Waals surface area contributed by atoms with Gasteiger partial charge in [-0.2, -0.15) is 18.4 Å². The molecule has 0 aliphatic carbocycles. The molecule has 0 saturated carbocycles. The fourth-order valence-corrected chi connectivity index (χ4v) is 2.08. The van der Waals surface area contributed by atoms with Crippen LogP contribution in [0.5, 0.6) is 0 Å². The van der Waals surface area contributed by atoms with Gasteiger partial charge in [-0.05, 0) is 23.3 Å². The average Bonchev–Trinajstić information content (AvgIpc) is 2.63. The molecule has 0 aliphatic heterocycles. The minimum absolute atomic E-state index is 0.0947. The van der Waals surface area contributed by atoms with Gasteiger partial charge in [-0.15, -0.1) is 0 Å². The van der Waals surface area contributed by atoms with Crippen LogP contribution in [0.3, 0.4) is 0 Å². The van der Waals surface area contributed by atoms with E-state index in [-0.39, 0.29) is 18.7 Å². The van der Waals surface area contributed by atoms with Crippen molar-refractivity contribution in [3.8, 4) is 6.07 Å². The molecule has 0 saturated heterocycles. The number of rotatable bonds is 5. The highest BCUT2D eigenvalue weighted by molar-refractivity contribution is 5.68. The second-order valence-corrected chi connectivity index (χ2v) is 5.26. The van der Waals surface area contributed by atoms with E-state index in [9.17, 15) is 18.0 Å². The van der Waals surface area contributed by atoms with Gasteiger partial charge in [-0.1, -0.05) is 48.6 Å². The molecule has 0 unspecified atom stereocenters. The van der Waals surface area contributed by atoms with Gasteiger partial charge in [0, 0.05) is 6.54 Å². The van der Waals surface area contributed by atoms with Gasteiger partial charge >= 0.3 is 12.3 Å². The second kappa shape index (κ2) is 8.72. The van der Waals surface area contributed by atoms with E-state index in [1.165, 1.54) is 18.2 Å². The van der Waals surface area contributed by atoms with Gasteiger partial charge in [0.15, 0.2) is 0 Å². The number of alkyl carbamates (subject to hydrolysis) is 1. The molecular formula is C19H15F3N2O2. The topological polar surface area (TPSA) is 62.1 Å². The van der Waals surface area contributed by atoms with Crippen LogP contribution in [0, 0.1) is 11.3 Å². The number of nitrogens with zero attached hydrogens (tertiary/aromatic N) is 1. The van der Waals surface area contributed by atoms with Gasteiger partial charge in [0.1, 0.15) is 6.61 Å². The Morgan fingerprint density at radius 2 is 1.92 bits per heavy atom. The number of hydrogen-bond acceptors (Lipinski definition) is 3. The number of hydrogen-bond donors (Lipinski definition) is 1. The summed E-state index contributed by atoms with van der Waals surface area (Å²) < 4.78 is 42.9. The van der Waals surface area contributed by atoms with Crippen molar-refractivity contribution in [3.63, 3.8) is 0 Å². The average molecular weight is 360 g/mol. The zero-order chi connectivity index (χ0) is 19.0. The van der Waals surface area contributed by atoms with Crippen LogP contribution >= 0.6 is 0 Å². The normalized spacial score (nSPS) is 11.2. The van der Waals surface area contributed by atoms with Crippen LogP contribution < -0.4 is 5.32 Å². The number of carbonyl (C=O) groups excluding carboxylic acids is 1. The number of amides is 1. The number of ether oxygens (including phenoxy) is 1. The lowest BCUT2D eigenvalue weighted by Gasteiger charge is -2.08. The third-order valence-corrected chi connectivity index (χ3v) is 3.38. The quantitative estimate of drug-likeness (QED) is 0.853. The maximum Gasteiger partial charge on any atom is 0.416 e. The van der Waals surface area contributed by atoms with E-state index in [1.54, 1.807) is 6.07 Å². The Hall–Kier alpha value is -3.27. The van der Waals surface area contributed by atoms with Crippen LogP contribution in [0.15, 0.2) is 54.6 Å². The van der Waals surface area contributed by atoms with Crippen molar-refractivity contribution in [2.75, 3.05) is 6.54 Å². The first-order chi connectivity index (χ1) is 12.4. The molecule has 0 radical (unpaired) electrons. The number of alkyl halides is 3. The first-order valence-electron chi connectivity index (χ1n) is 7.62. The Bertz CT molecular complexity index is 825. The molecule has 1 N–H and O–H groups in total. The lowest BCUT2D eigenvalue weighted by atomic mass is 10.0. The predicted octanol–water partition coefficient (Wildman–Crippen LogP) is 4.52. The van der Waals surface area contributed by atoms with Crippen LogP contribution in [0.2, 0.25) is 0 Å². The lowest BCUT2D eigenvalue weighted by molar-refractivity contribution is -0.137. The molecule has 26 heavy (non-hydrogen) atoms. The molecule has 2 aromatic carbocycles. The molecule has 2 aromatic rings. The number of nitrogens with one attached hydrogen (secondary N) is 1. The number of nitriles is 1. The van der Waals surface area contributed by atoms with E-state index in [2.05, 4.69) is 5.32 Å². The SMILES string of the molecule is N#Cc1cc(C(F)(F)F)ccc1C=CCNC(=O)OCc1ccccc1. The molecule has 1 amide bonds. The smallest absolute Gasteiger partial charge is 0.416 e. The molecule has 0 atom stereocenters. The third kappa shape index (κ3) is 5.67. The van der Waals surface area contributed by atoms with Crippen LogP contribution in [0.4, 0.5) is 18.0 Å². The molecule has 4 nitrogen and oxygen atoms in total. The highest BCUT2D eigenvalue weighted by atomic mass is 19.4. The molecule has 7 heteroatoms. The van der Waals surface area contributed by atoms with Crippen LogP contribution in [0.1, 0.15) is 22.3 Å². The van der Waals surface area contributed by atoms with E-state index < -0.39 is 17.8 Å². The van der Waals surface area contributed by atoms with Crippen molar-refractivity contribution < 1.29 is 22.7 Å². The van der Waals surface area contributed by atoms with E-state index in [4.69, 9.17) is 10.00 Å². The van der Waals surface area contributed by atoms with E-state index >= 15 is 0 Å². The first kappa shape index (κ1) is 19.1. The van der Waals surface area contributed by atoms with Crippen LogP contribution in [-0.4, -0.2) is 12.6 Å². The third-order valence-electron chi connectivity index (χ3n) is 3.38. The number of carbonyl (C=O) groups is 1. The standard InChI is InChI=1S/C19H15F3N2O2/c20-19(21,22)17-9-8-15(16(11-17)12-23)7-4-10-24-18(25)26-13-14-5-2-1-3-6-14/h1-9,11H,10,13H2,(H,24,25). The summed E-state index contributed by atoms with van der Waals surface area (Å²) in [6, 6.07) is 13.8. The van der Waals surface area contributed by atoms with Crippen LogP contribution in [0.25, 0.3) is 6.08 Å². The van der Waals surface area contributed by atoms with Gasteiger partial charge in [-0.3, -0.25) is 0 Å². The van der Waals surface area contributed by atoms with E-state index in [0.29, 0.717) is 5.56 Å². The zero-order valence-electron chi connectivity index (χ0n) is 13.6. The Labute approximate surface area is 148 Å². The van der Waals surface area contributed by atoms with Crippen molar-refractivity contribution in [1.82, 2.24) is 5.32 Å². The lowest BCUT2D eigenvalue weighted by Crippen LogP contribution is -2.24. The minimum Gasteiger partial charge on any atom is -0.445 e. The summed E-state index contributed by atoms with van der Waals surface area (Å²) in [5.41, 5.74) is 0.207. The molecule has 0 aromatic heterocycles. The fourth-order valence-electron chi connectivity index (χ4n) is 2.08. The zero-order valence-corrected chi connectivity index (χ0v) is 13.6. The van der Waals surface area contributed by atoms with Crippen molar-refractivity contribution in [3.05, 3.63) is 76.9 Å². The molecule has 2 rings (SSSR count). The largest absolute Gasteiger partial charge is 0.445 e. The summed E-state index contributed by atoms with van der Waals surface area (Å²) in [6.07, 6.45) is -2.13. The van der Waals surface area contributed by atoms with Gasteiger partial charge in [0.25, 0.3) is 0 Å². The van der Waals surface area contributed by atoms with Gasteiger partial charge < -0.3 is 10.1 Å². The summed E-state index contributed by atoms with van der Waals surface area (Å²) in [5.74, 6) is 0. The summed E-state index contributed by atoms with van der Waals surface area (Å²) in [7, 11) is 0. The first-order valence-corrected chi connectivity index (χ1v) is 7.62. The second-order valence-electron chi connectivity index (χ2n) is 5.26. The van der Waals surface area contributed by atoms with E-state index in [1.807, 2.05) is 30.3 Å². The van der Waals surface area contributed by atoms with Gasteiger partial charge in [0.2, 0.25) is 0 Å². The Morgan fingerprint density at radius 1 is 1.19 bits per heavy atom. The van der Waals surface area contributed by atoms with Gasteiger partial charge in [-0.25, -0.2) is 4.79 Å². The van der Waals surface area contributed by atoms with Crippen molar-refractivity contribution in [2.24, 2.45) is 0 Å². The maximum atomic E-state index is 12.6. The van der Waals surface area contributed by atoms with Crippen LogP contribution in [-0.2, 0) is 17.5 Å². The summed E-state index contributed by atoms with van der Waals surface area (Å²) in [6.45, 7) is 0.243. The van der Waals surface area contributed by atoms with Crippen molar-refractivity contribution in [2.45, 2.75) is 12.8 Å². The molecular weight excluding hydrogens is 345 g/mol. The monoisotopic (exact) mass is 360 g/mol. The number of halogens is 3. The Balaban J connectivity index is 1.86. The molecule has 0 spiro atoms. The molecule has 0 fully saturated rings. The van der Waals surface area contributed by atoms with Crippen molar-refractivity contribution >= 4 is 12.2 Å². The van der Waals surface area contributed by atoms with Gasteiger partial charge in [0.05, 0.1) is 17.2 Å². The summed E-state index contributed by atoms with van der Waals surface area (Å²) in [5, 5.41) is 11.5. The highest BCUT2D eigenvalue weighted by Crippen LogP contribution is 2.30. The molecule has 134 valence electrons.